The molecule has 11 atom stereocenters. The molecule has 0 amide bonds. The van der Waals surface area contributed by atoms with Gasteiger partial charge in [0.05, 0.1) is 12.4 Å². The van der Waals surface area contributed by atoms with Crippen LogP contribution in [0.4, 0.5) is 0 Å². The van der Waals surface area contributed by atoms with Gasteiger partial charge in [-0.2, -0.15) is 9.37 Å². The summed E-state index contributed by atoms with van der Waals surface area (Å²) in [5, 5.41) is 13.6. The highest BCUT2D eigenvalue weighted by Crippen LogP contribution is 2.70. The van der Waals surface area contributed by atoms with Crippen LogP contribution < -0.4 is 0 Å². The molecule has 11 nitrogen and oxygen atoms in total. The summed E-state index contributed by atoms with van der Waals surface area (Å²) in [6.07, 6.45) is -1.03. The molecule has 0 radical (unpaired) electrons. The highest BCUT2D eigenvalue weighted by molar-refractivity contribution is 7.89. The number of sulfonamides is 1. The minimum atomic E-state index is -3.65. The number of aliphatic hydroxyl groups is 1. The summed E-state index contributed by atoms with van der Waals surface area (Å²) in [5.74, 6) is -0.812. The summed E-state index contributed by atoms with van der Waals surface area (Å²) in [6.45, 7) is 16.5. The van der Waals surface area contributed by atoms with Crippen LogP contribution in [0.1, 0.15) is 81.1 Å². The SMILES string of the molecule is CC(C)[C@H]1C[C@H](C(O)N2C3CC4CC[C@]3(CS2(=O)=O)C4(C)C)ON1[C@@H]1O[C@@H]([C@H]2COC(C)(C)O2)C2OC(C)(C)O[C@@H]21. The van der Waals surface area contributed by atoms with Crippen molar-refractivity contribution in [2.75, 3.05) is 12.4 Å². The fraction of sp³-hybridized carbons (Fsp3) is 1.00. The fourth-order valence-corrected chi connectivity index (χ4v) is 12.1. The van der Waals surface area contributed by atoms with Gasteiger partial charge in [0.25, 0.3) is 0 Å². The molecule has 2 bridgehead atoms. The zero-order valence-electron chi connectivity index (χ0n) is 25.6. The Balaban J connectivity index is 1.15. The maximum absolute atomic E-state index is 13.7. The number of aliphatic hydroxyl groups excluding tert-OH is 1. The van der Waals surface area contributed by atoms with Gasteiger partial charge in [-0.1, -0.05) is 27.7 Å². The Bertz CT molecular complexity index is 1180. The lowest BCUT2D eigenvalue weighted by Crippen LogP contribution is -2.51. The first-order valence-electron chi connectivity index (χ1n) is 15.4. The van der Waals surface area contributed by atoms with Gasteiger partial charge in [-0.05, 0) is 70.6 Å². The molecule has 0 aromatic rings. The topological polar surface area (TPSA) is 116 Å². The van der Waals surface area contributed by atoms with Gasteiger partial charge in [0, 0.05) is 17.5 Å². The third-order valence-corrected chi connectivity index (χ3v) is 13.6. The first-order chi connectivity index (χ1) is 19.0. The minimum Gasteiger partial charge on any atom is -0.375 e. The Labute approximate surface area is 244 Å². The van der Waals surface area contributed by atoms with Crippen LogP contribution in [0.25, 0.3) is 0 Å². The van der Waals surface area contributed by atoms with Crippen LogP contribution in [-0.2, 0) is 38.5 Å². The van der Waals surface area contributed by atoms with Crippen molar-refractivity contribution in [3.05, 3.63) is 0 Å². The first kappa shape index (κ1) is 29.3. The van der Waals surface area contributed by atoms with Crippen molar-refractivity contribution in [2.45, 2.75) is 148 Å². The van der Waals surface area contributed by atoms with Crippen LogP contribution in [0.2, 0.25) is 0 Å². The van der Waals surface area contributed by atoms with E-state index in [9.17, 15) is 13.5 Å². The van der Waals surface area contributed by atoms with Gasteiger partial charge >= 0.3 is 0 Å². The Morgan fingerprint density at radius 3 is 2.27 bits per heavy atom. The van der Waals surface area contributed by atoms with Crippen molar-refractivity contribution < 1.29 is 42.0 Å². The molecule has 41 heavy (non-hydrogen) atoms. The minimum absolute atomic E-state index is 0.0723. The third-order valence-electron chi connectivity index (χ3n) is 11.6. The largest absolute Gasteiger partial charge is 0.375 e. The number of ether oxygens (including phenoxy) is 5. The molecule has 234 valence electrons. The predicted molar refractivity (Wildman–Crippen MR) is 146 cm³/mol. The first-order valence-corrected chi connectivity index (χ1v) is 17.0. The van der Waals surface area contributed by atoms with E-state index in [0.29, 0.717) is 18.9 Å². The summed E-state index contributed by atoms with van der Waals surface area (Å²) < 4.78 is 60.1. The zero-order chi connectivity index (χ0) is 29.5. The molecular formula is C29H48N2O9S. The van der Waals surface area contributed by atoms with E-state index in [1.54, 1.807) is 0 Å². The highest BCUT2D eigenvalue weighted by atomic mass is 32.2. The molecular weight excluding hydrogens is 552 g/mol. The smallest absolute Gasteiger partial charge is 0.217 e. The molecule has 5 aliphatic heterocycles. The van der Waals surface area contributed by atoms with Gasteiger partial charge in [0.15, 0.2) is 17.8 Å². The summed E-state index contributed by atoms with van der Waals surface area (Å²) in [6, 6.07) is -0.322. The van der Waals surface area contributed by atoms with E-state index in [2.05, 4.69) is 27.7 Å². The van der Waals surface area contributed by atoms with Crippen molar-refractivity contribution in [3.63, 3.8) is 0 Å². The van der Waals surface area contributed by atoms with Crippen LogP contribution in [0.3, 0.4) is 0 Å². The van der Waals surface area contributed by atoms with E-state index in [4.69, 9.17) is 28.5 Å². The van der Waals surface area contributed by atoms with Crippen LogP contribution in [0.15, 0.2) is 0 Å². The number of fused-ring (bicyclic) bond motifs is 2. The molecule has 2 aliphatic carbocycles. The molecule has 1 N–H and O–H groups in total. The Morgan fingerprint density at radius 2 is 1.63 bits per heavy atom. The van der Waals surface area contributed by atoms with E-state index >= 15 is 0 Å². The van der Waals surface area contributed by atoms with Gasteiger partial charge in [0.1, 0.15) is 36.7 Å². The maximum Gasteiger partial charge on any atom is 0.217 e. The van der Waals surface area contributed by atoms with Crippen molar-refractivity contribution in [1.82, 2.24) is 9.37 Å². The molecule has 4 unspecified atom stereocenters. The molecule has 7 aliphatic rings. The lowest BCUT2D eigenvalue weighted by molar-refractivity contribution is -0.303. The van der Waals surface area contributed by atoms with E-state index in [1.807, 2.05) is 32.8 Å². The second-order valence-electron chi connectivity index (χ2n) is 15.3. The molecule has 0 aromatic heterocycles. The van der Waals surface area contributed by atoms with Crippen LogP contribution in [0, 0.1) is 22.7 Å². The van der Waals surface area contributed by atoms with E-state index < -0.39 is 58.5 Å². The molecule has 5 heterocycles. The number of hydroxylamine groups is 2. The quantitative estimate of drug-likeness (QED) is 0.505. The maximum atomic E-state index is 13.7. The molecule has 7 fully saturated rings. The summed E-state index contributed by atoms with van der Waals surface area (Å²) >= 11 is 0. The van der Waals surface area contributed by atoms with E-state index in [1.165, 1.54) is 4.31 Å². The van der Waals surface area contributed by atoms with Crippen LogP contribution >= 0.6 is 0 Å². The normalized spacial score (nSPS) is 50.1. The molecule has 5 saturated heterocycles. The van der Waals surface area contributed by atoms with E-state index in [-0.39, 0.29) is 40.7 Å². The summed E-state index contributed by atoms with van der Waals surface area (Å²) in [4.78, 5) is 6.54. The molecule has 7 rings (SSSR count). The van der Waals surface area contributed by atoms with Crippen molar-refractivity contribution in [2.24, 2.45) is 22.7 Å². The highest BCUT2D eigenvalue weighted by Gasteiger charge is 2.73. The Morgan fingerprint density at radius 1 is 0.927 bits per heavy atom. The van der Waals surface area contributed by atoms with Crippen molar-refractivity contribution in [1.29, 1.82) is 0 Å². The van der Waals surface area contributed by atoms with Gasteiger partial charge < -0.3 is 28.8 Å². The number of rotatable bonds is 5. The fourth-order valence-electron chi connectivity index (χ4n) is 9.43. The van der Waals surface area contributed by atoms with Gasteiger partial charge in [0.2, 0.25) is 10.0 Å². The van der Waals surface area contributed by atoms with Gasteiger partial charge in [-0.15, -0.1) is 0 Å². The number of hydrogen-bond acceptors (Lipinski definition) is 10. The average Bonchev–Trinajstić information content (AvgIpc) is 3.67. The molecule has 12 heteroatoms. The third kappa shape index (κ3) is 4.19. The van der Waals surface area contributed by atoms with Crippen molar-refractivity contribution in [3.8, 4) is 0 Å². The lowest BCUT2D eigenvalue weighted by Gasteiger charge is -2.38. The van der Waals surface area contributed by atoms with E-state index in [0.717, 1.165) is 19.3 Å². The standard InChI is InChI=1S/C29H48N2O9S/c1-15(2)17-12-18(24(32)31-20-11-16-9-10-29(20,26(16,3)4)14-41(31,33)34)40-30(17)25-23-22(38-28(7,8)39-23)21(36-25)19-13-35-27(5,6)37-19/h15-25,32H,9-14H2,1-8H3/t16?,17-,18-,19-,20?,21+,22?,23+,24?,25-,29-/m1/s1. The molecule has 2 saturated carbocycles. The van der Waals surface area contributed by atoms with Gasteiger partial charge in [-0.3, -0.25) is 4.84 Å². The number of nitrogens with zero attached hydrogens (tertiary/aromatic N) is 2. The van der Waals surface area contributed by atoms with Crippen molar-refractivity contribution >= 4 is 10.0 Å². The monoisotopic (exact) mass is 600 g/mol. The summed E-state index contributed by atoms with van der Waals surface area (Å²) in [5.41, 5.74) is -0.392. The number of hydrogen-bond donors (Lipinski definition) is 1. The van der Waals surface area contributed by atoms with Gasteiger partial charge in [-0.25, -0.2) is 8.42 Å². The average molecular weight is 601 g/mol. The second-order valence-corrected chi connectivity index (χ2v) is 17.2. The second kappa shape index (κ2) is 9.08. The lowest BCUT2D eigenvalue weighted by atomic mass is 9.69. The molecule has 1 spiro atoms. The zero-order valence-corrected chi connectivity index (χ0v) is 26.4. The summed E-state index contributed by atoms with van der Waals surface area (Å²) in [7, 11) is -3.65. The molecule has 0 aromatic carbocycles. The van der Waals surface area contributed by atoms with Crippen LogP contribution in [0.5, 0.6) is 0 Å². The Hall–Kier alpha value is -0.410. The van der Waals surface area contributed by atoms with Crippen LogP contribution in [-0.4, -0.2) is 102 Å². The predicted octanol–water partition coefficient (Wildman–Crippen LogP) is 2.57. The Kier molecular flexibility index (Phi) is 6.49.